The van der Waals surface area contributed by atoms with Crippen LogP contribution in [0.3, 0.4) is 0 Å². The van der Waals surface area contributed by atoms with E-state index in [1.54, 1.807) is 0 Å². The van der Waals surface area contributed by atoms with Gasteiger partial charge in [0.2, 0.25) is 0 Å². The quantitative estimate of drug-likeness (QED) is 0.863. The molecule has 1 aliphatic heterocycles. The second kappa shape index (κ2) is 5.15. The molecule has 96 valence electrons. The van der Waals surface area contributed by atoms with Crippen molar-refractivity contribution in [3.8, 4) is 0 Å². The molecule has 3 rings (SSSR count). The smallest absolute Gasteiger partial charge is 0.0581 e. The van der Waals surface area contributed by atoms with Crippen LogP contribution in [0.15, 0.2) is 41.6 Å². The van der Waals surface area contributed by atoms with Crippen LogP contribution < -0.4 is 0 Å². The van der Waals surface area contributed by atoms with E-state index in [1.807, 2.05) is 0 Å². The molecule has 0 amide bonds. The third kappa shape index (κ3) is 2.44. The molecule has 2 aliphatic rings. The van der Waals surface area contributed by atoms with E-state index < -0.39 is 0 Å². The first-order valence-corrected chi connectivity index (χ1v) is 7.01. The van der Waals surface area contributed by atoms with Crippen molar-refractivity contribution in [3.05, 3.63) is 47.2 Å². The predicted molar refractivity (Wildman–Crippen MR) is 73.0 cm³/mol. The molecule has 0 aromatic heterocycles. The van der Waals surface area contributed by atoms with Gasteiger partial charge < -0.3 is 10.0 Å². The molecule has 1 atom stereocenters. The van der Waals surface area contributed by atoms with Gasteiger partial charge in [-0.25, -0.2) is 0 Å². The van der Waals surface area contributed by atoms with Crippen molar-refractivity contribution >= 4 is 0 Å². The second-order valence-corrected chi connectivity index (χ2v) is 5.46. The van der Waals surface area contributed by atoms with Gasteiger partial charge >= 0.3 is 0 Å². The van der Waals surface area contributed by atoms with Crippen LogP contribution in [-0.2, 0) is 6.54 Å². The van der Waals surface area contributed by atoms with Gasteiger partial charge in [-0.1, -0.05) is 30.3 Å². The van der Waals surface area contributed by atoms with Crippen molar-refractivity contribution in [3.63, 3.8) is 0 Å². The minimum Gasteiger partial charge on any atom is -0.393 e. The maximum atomic E-state index is 9.77. The maximum Gasteiger partial charge on any atom is 0.0581 e. The van der Waals surface area contributed by atoms with E-state index in [0.29, 0.717) is 0 Å². The molecule has 0 bridgehead atoms. The van der Waals surface area contributed by atoms with Crippen molar-refractivity contribution in [1.29, 1.82) is 0 Å². The number of hydrogen-bond acceptors (Lipinski definition) is 2. The van der Waals surface area contributed by atoms with Crippen LogP contribution in [0.4, 0.5) is 0 Å². The monoisotopic (exact) mass is 243 g/mol. The van der Waals surface area contributed by atoms with Gasteiger partial charge in [0.1, 0.15) is 0 Å². The molecule has 1 aliphatic carbocycles. The fourth-order valence-electron chi connectivity index (χ4n) is 3.21. The van der Waals surface area contributed by atoms with Crippen LogP contribution >= 0.6 is 0 Å². The summed E-state index contributed by atoms with van der Waals surface area (Å²) in [6.07, 6.45) is 5.23. The Morgan fingerprint density at radius 1 is 1.17 bits per heavy atom. The molecule has 0 saturated heterocycles. The zero-order valence-corrected chi connectivity index (χ0v) is 10.8. The SMILES string of the molecule is O[C@H]1CCC2=C(CCCN2Cc2ccccc2)C1. The first-order chi connectivity index (χ1) is 8.83. The first kappa shape index (κ1) is 11.8. The van der Waals surface area contributed by atoms with Crippen LogP contribution in [0.5, 0.6) is 0 Å². The van der Waals surface area contributed by atoms with Crippen molar-refractivity contribution in [2.75, 3.05) is 6.54 Å². The molecule has 0 unspecified atom stereocenters. The summed E-state index contributed by atoms with van der Waals surface area (Å²) in [4.78, 5) is 2.53. The summed E-state index contributed by atoms with van der Waals surface area (Å²) >= 11 is 0. The van der Waals surface area contributed by atoms with Crippen molar-refractivity contribution in [2.24, 2.45) is 0 Å². The standard InChI is InChI=1S/C16H21NO/c18-15-8-9-16-14(11-15)7-4-10-17(16)12-13-5-2-1-3-6-13/h1-3,5-6,15,18H,4,7-12H2/t15-/m0/s1. The van der Waals surface area contributed by atoms with E-state index in [-0.39, 0.29) is 6.10 Å². The Morgan fingerprint density at radius 3 is 2.83 bits per heavy atom. The topological polar surface area (TPSA) is 23.5 Å². The number of aliphatic hydroxyl groups excluding tert-OH is 1. The highest BCUT2D eigenvalue weighted by molar-refractivity contribution is 5.22. The van der Waals surface area contributed by atoms with Crippen LogP contribution in [0.1, 0.15) is 37.7 Å². The van der Waals surface area contributed by atoms with Crippen molar-refractivity contribution in [2.45, 2.75) is 44.8 Å². The average Bonchev–Trinajstić information content (AvgIpc) is 2.40. The fourth-order valence-corrected chi connectivity index (χ4v) is 3.21. The van der Waals surface area contributed by atoms with Gasteiger partial charge in [-0.3, -0.25) is 0 Å². The van der Waals surface area contributed by atoms with Crippen LogP contribution in [0, 0.1) is 0 Å². The average molecular weight is 243 g/mol. The molecule has 0 radical (unpaired) electrons. The second-order valence-electron chi connectivity index (χ2n) is 5.46. The summed E-state index contributed by atoms with van der Waals surface area (Å²) in [6.45, 7) is 2.19. The van der Waals surface area contributed by atoms with Crippen LogP contribution in [-0.4, -0.2) is 22.7 Å². The highest BCUT2D eigenvalue weighted by atomic mass is 16.3. The normalized spacial score (nSPS) is 24.1. The van der Waals surface area contributed by atoms with Crippen LogP contribution in [0.25, 0.3) is 0 Å². The fraction of sp³-hybridized carbons (Fsp3) is 0.500. The van der Waals surface area contributed by atoms with Gasteiger partial charge in [0, 0.05) is 18.8 Å². The Morgan fingerprint density at radius 2 is 2.00 bits per heavy atom. The molecule has 0 saturated carbocycles. The van der Waals surface area contributed by atoms with E-state index in [0.717, 1.165) is 25.8 Å². The Hall–Kier alpha value is -1.28. The lowest BCUT2D eigenvalue weighted by atomic mass is 9.87. The summed E-state index contributed by atoms with van der Waals surface area (Å²) < 4.78 is 0. The number of benzene rings is 1. The lowest BCUT2D eigenvalue weighted by Crippen LogP contribution is -2.32. The highest BCUT2D eigenvalue weighted by Gasteiger charge is 2.25. The van der Waals surface area contributed by atoms with Crippen molar-refractivity contribution < 1.29 is 5.11 Å². The molecular formula is C16H21NO. The zero-order valence-electron chi connectivity index (χ0n) is 10.8. The molecule has 1 aromatic carbocycles. The molecule has 0 fully saturated rings. The summed E-state index contributed by atoms with van der Waals surface area (Å²) in [5, 5.41) is 9.77. The Labute approximate surface area is 109 Å². The van der Waals surface area contributed by atoms with E-state index in [1.165, 1.54) is 36.2 Å². The lowest BCUT2D eigenvalue weighted by Gasteiger charge is -2.37. The number of hydrogen-bond donors (Lipinski definition) is 1. The van der Waals surface area contributed by atoms with Crippen molar-refractivity contribution in [1.82, 2.24) is 4.90 Å². The van der Waals surface area contributed by atoms with Gasteiger partial charge in [-0.2, -0.15) is 0 Å². The number of nitrogens with zero attached hydrogens (tertiary/aromatic N) is 1. The predicted octanol–water partition coefficient (Wildman–Crippen LogP) is 3.08. The largest absolute Gasteiger partial charge is 0.393 e. The Kier molecular flexibility index (Phi) is 3.37. The summed E-state index contributed by atoms with van der Waals surface area (Å²) in [6, 6.07) is 10.7. The summed E-state index contributed by atoms with van der Waals surface area (Å²) in [5.41, 5.74) is 4.42. The van der Waals surface area contributed by atoms with Crippen LogP contribution in [0.2, 0.25) is 0 Å². The Bertz CT molecular complexity index is 438. The first-order valence-electron chi connectivity index (χ1n) is 7.01. The molecule has 2 nitrogen and oxygen atoms in total. The lowest BCUT2D eigenvalue weighted by molar-refractivity contribution is 0.141. The maximum absolute atomic E-state index is 9.77. The minimum atomic E-state index is -0.0968. The van der Waals surface area contributed by atoms with Gasteiger partial charge in [0.15, 0.2) is 0 Å². The number of rotatable bonds is 2. The molecule has 1 aromatic rings. The minimum absolute atomic E-state index is 0.0968. The molecule has 0 spiro atoms. The van der Waals surface area contributed by atoms with Gasteiger partial charge in [0.05, 0.1) is 6.10 Å². The van der Waals surface area contributed by atoms with Gasteiger partial charge in [-0.15, -0.1) is 0 Å². The summed E-state index contributed by atoms with van der Waals surface area (Å²) in [7, 11) is 0. The van der Waals surface area contributed by atoms with Gasteiger partial charge in [-0.05, 0) is 43.2 Å². The molecule has 2 heteroatoms. The number of aliphatic hydroxyl groups is 1. The van der Waals surface area contributed by atoms with E-state index in [9.17, 15) is 5.11 Å². The third-order valence-corrected chi connectivity index (χ3v) is 4.11. The molecule has 18 heavy (non-hydrogen) atoms. The molecule has 1 heterocycles. The van der Waals surface area contributed by atoms with E-state index >= 15 is 0 Å². The number of allylic oxidation sites excluding steroid dienone is 1. The van der Waals surface area contributed by atoms with Gasteiger partial charge in [0.25, 0.3) is 0 Å². The highest BCUT2D eigenvalue weighted by Crippen LogP contribution is 2.34. The Balaban J connectivity index is 1.78. The van der Waals surface area contributed by atoms with E-state index in [2.05, 4.69) is 35.2 Å². The molecule has 1 N–H and O–H groups in total. The zero-order chi connectivity index (χ0) is 12.4. The summed E-state index contributed by atoms with van der Waals surface area (Å²) in [5.74, 6) is 0. The third-order valence-electron chi connectivity index (χ3n) is 4.11. The van der Waals surface area contributed by atoms with E-state index in [4.69, 9.17) is 0 Å². The molecular weight excluding hydrogens is 222 g/mol.